The highest BCUT2D eigenvalue weighted by molar-refractivity contribution is 7.10. The van der Waals surface area contributed by atoms with Crippen LogP contribution >= 0.6 is 11.3 Å². The second kappa shape index (κ2) is 10.5. The maximum absolute atomic E-state index is 13.5. The number of nitrogens with zero attached hydrogens (tertiary/aromatic N) is 2. The summed E-state index contributed by atoms with van der Waals surface area (Å²) in [7, 11) is 0. The standard InChI is InChI=1S/C25H34FN3O3S/c1-6-17(2)29(24(31)27-25(3,4)5)15-23(30)28-13-11-22-20(12-14-33-22)21(28)16-32-19-9-7-18(26)8-10-19/h7-10,12,14,17,21H,6,11,13,15-16H2,1-5H3,(H,27,31)/t17-,21-/m1/s1. The summed E-state index contributed by atoms with van der Waals surface area (Å²) >= 11 is 1.68. The lowest BCUT2D eigenvalue weighted by atomic mass is 10.00. The SMILES string of the molecule is CC[C@@H](C)N(CC(=O)N1CCc2sccc2[C@H]1COc1ccc(F)cc1)C(=O)NC(C)(C)C. The van der Waals surface area contributed by atoms with Gasteiger partial charge >= 0.3 is 6.03 Å². The first-order valence-corrected chi connectivity index (χ1v) is 12.3. The number of thiophene rings is 1. The van der Waals surface area contributed by atoms with Crippen LogP contribution in [0.2, 0.25) is 0 Å². The summed E-state index contributed by atoms with van der Waals surface area (Å²) in [4.78, 5) is 31.1. The van der Waals surface area contributed by atoms with E-state index in [4.69, 9.17) is 4.74 Å². The van der Waals surface area contributed by atoms with E-state index < -0.39 is 5.54 Å². The molecule has 0 spiro atoms. The van der Waals surface area contributed by atoms with Crippen molar-refractivity contribution in [2.45, 2.75) is 65.1 Å². The van der Waals surface area contributed by atoms with Crippen LogP contribution in [0, 0.1) is 5.82 Å². The van der Waals surface area contributed by atoms with Gasteiger partial charge in [0.15, 0.2) is 0 Å². The van der Waals surface area contributed by atoms with E-state index in [0.717, 1.165) is 18.4 Å². The zero-order chi connectivity index (χ0) is 24.2. The van der Waals surface area contributed by atoms with Gasteiger partial charge in [-0.15, -0.1) is 11.3 Å². The van der Waals surface area contributed by atoms with E-state index in [2.05, 4.69) is 5.32 Å². The van der Waals surface area contributed by atoms with Gasteiger partial charge in [0.25, 0.3) is 0 Å². The number of benzene rings is 1. The predicted molar refractivity (Wildman–Crippen MR) is 129 cm³/mol. The molecule has 2 heterocycles. The molecule has 8 heteroatoms. The van der Waals surface area contributed by atoms with Crippen molar-refractivity contribution in [1.29, 1.82) is 0 Å². The van der Waals surface area contributed by atoms with Crippen molar-refractivity contribution in [2.75, 3.05) is 19.7 Å². The van der Waals surface area contributed by atoms with Gasteiger partial charge in [-0.05, 0) is 81.8 Å². The lowest BCUT2D eigenvalue weighted by Crippen LogP contribution is -2.55. The number of rotatable bonds is 7. The average Bonchev–Trinajstić information content (AvgIpc) is 3.24. The number of halogens is 1. The van der Waals surface area contributed by atoms with Crippen LogP contribution < -0.4 is 10.1 Å². The van der Waals surface area contributed by atoms with Crippen LogP contribution in [0.15, 0.2) is 35.7 Å². The van der Waals surface area contributed by atoms with Crippen LogP contribution in [-0.4, -0.2) is 53.0 Å². The zero-order valence-corrected chi connectivity index (χ0v) is 20.9. The van der Waals surface area contributed by atoms with Crippen molar-refractivity contribution in [3.8, 4) is 5.75 Å². The van der Waals surface area contributed by atoms with E-state index in [-0.39, 0.29) is 43.0 Å². The zero-order valence-electron chi connectivity index (χ0n) is 20.1. The van der Waals surface area contributed by atoms with Crippen LogP contribution in [-0.2, 0) is 11.2 Å². The van der Waals surface area contributed by atoms with Gasteiger partial charge in [0, 0.05) is 23.0 Å². The Morgan fingerprint density at radius 3 is 2.61 bits per heavy atom. The first-order valence-electron chi connectivity index (χ1n) is 11.4. The molecule has 33 heavy (non-hydrogen) atoms. The molecule has 2 atom stereocenters. The molecule has 0 radical (unpaired) electrons. The highest BCUT2D eigenvalue weighted by Gasteiger charge is 2.34. The molecule has 2 aromatic rings. The van der Waals surface area contributed by atoms with Gasteiger partial charge in [-0.1, -0.05) is 6.92 Å². The van der Waals surface area contributed by atoms with E-state index in [1.54, 1.807) is 28.4 Å². The first kappa shape index (κ1) is 25.0. The molecule has 6 nitrogen and oxygen atoms in total. The maximum Gasteiger partial charge on any atom is 0.318 e. The summed E-state index contributed by atoms with van der Waals surface area (Å²) in [6.07, 6.45) is 1.53. The summed E-state index contributed by atoms with van der Waals surface area (Å²) < 4.78 is 19.2. The molecule has 0 fully saturated rings. The number of hydrogen-bond donors (Lipinski definition) is 1. The van der Waals surface area contributed by atoms with Gasteiger partial charge in [-0.25, -0.2) is 9.18 Å². The molecule has 0 unspecified atom stereocenters. The van der Waals surface area contributed by atoms with Gasteiger partial charge in [0.05, 0.1) is 6.04 Å². The molecule has 1 aromatic carbocycles. The molecule has 0 bridgehead atoms. The van der Waals surface area contributed by atoms with Crippen molar-refractivity contribution in [3.05, 3.63) is 52.0 Å². The van der Waals surface area contributed by atoms with E-state index in [0.29, 0.717) is 12.3 Å². The number of hydrogen-bond acceptors (Lipinski definition) is 4. The van der Waals surface area contributed by atoms with Crippen molar-refractivity contribution < 1.29 is 18.7 Å². The lowest BCUT2D eigenvalue weighted by Gasteiger charge is -2.38. The monoisotopic (exact) mass is 475 g/mol. The molecular weight excluding hydrogens is 441 g/mol. The van der Waals surface area contributed by atoms with Crippen LogP contribution in [0.5, 0.6) is 5.75 Å². The largest absolute Gasteiger partial charge is 0.491 e. The average molecular weight is 476 g/mol. The summed E-state index contributed by atoms with van der Waals surface area (Å²) in [5, 5.41) is 5.01. The van der Waals surface area contributed by atoms with Crippen molar-refractivity contribution >= 4 is 23.3 Å². The van der Waals surface area contributed by atoms with Crippen LogP contribution in [0.4, 0.5) is 9.18 Å². The number of amides is 3. The van der Waals surface area contributed by atoms with E-state index in [9.17, 15) is 14.0 Å². The first-order chi connectivity index (χ1) is 15.6. The third-order valence-corrected chi connectivity index (χ3v) is 6.80. The predicted octanol–water partition coefficient (Wildman–Crippen LogP) is 5.00. The molecule has 1 aliphatic rings. The summed E-state index contributed by atoms with van der Waals surface area (Å²) in [5.74, 6) is 0.122. The Morgan fingerprint density at radius 2 is 1.97 bits per heavy atom. The van der Waals surface area contributed by atoms with Gasteiger partial charge in [0.1, 0.15) is 24.7 Å². The molecule has 3 rings (SSSR count). The van der Waals surface area contributed by atoms with E-state index in [1.807, 2.05) is 51.0 Å². The van der Waals surface area contributed by atoms with Gasteiger partial charge in [-0.3, -0.25) is 4.79 Å². The fourth-order valence-corrected chi connectivity index (χ4v) is 4.79. The highest BCUT2D eigenvalue weighted by Crippen LogP contribution is 2.34. The second-order valence-electron chi connectivity index (χ2n) is 9.48. The topological polar surface area (TPSA) is 61.9 Å². The Balaban J connectivity index is 1.78. The molecule has 1 aromatic heterocycles. The summed E-state index contributed by atoms with van der Waals surface area (Å²) in [6, 6.07) is 7.34. The maximum atomic E-state index is 13.5. The molecule has 1 aliphatic heterocycles. The molecule has 180 valence electrons. The van der Waals surface area contributed by atoms with Crippen LogP contribution in [0.1, 0.15) is 57.5 Å². The fraction of sp³-hybridized carbons (Fsp3) is 0.520. The molecule has 3 amide bonds. The van der Waals surface area contributed by atoms with Gasteiger partial charge in [-0.2, -0.15) is 0 Å². The smallest absolute Gasteiger partial charge is 0.318 e. The fourth-order valence-electron chi connectivity index (χ4n) is 3.86. The minimum atomic E-state index is -0.395. The van der Waals surface area contributed by atoms with Crippen LogP contribution in [0.3, 0.4) is 0 Å². The van der Waals surface area contributed by atoms with Crippen LogP contribution in [0.25, 0.3) is 0 Å². The van der Waals surface area contributed by atoms with Crippen molar-refractivity contribution in [2.24, 2.45) is 0 Å². The molecular formula is C25H34FN3O3S. The number of fused-ring (bicyclic) bond motifs is 1. The minimum Gasteiger partial charge on any atom is -0.491 e. The molecule has 0 aliphatic carbocycles. The molecule has 1 N–H and O–H groups in total. The number of urea groups is 1. The Morgan fingerprint density at radius 1 is 1.27 bits per heavy atom. The normalized spacial score (nSPS) is 16.7. The molecule has 0 saturated carbocycles. The number of carbonyl (C=O) groups excluding carboxylic acids is 2. The number of nitrogens with one attached hydrogen (secondary N) is 1. The summed E-state index contributed by atoms with van der Waals surface area (Å²) in [5.41, 5.74) is 0.685. The Hall–Kier alpha value is -2.61. The lowest BCUT2D eigenvalue weighted by molar-refractivity contribution is -0.136. The highest BCUT2D eigenvalue weighted by atomic mass is 32.1. The van der Waals surface area contributed by atoms with Crippen molar-refractivity contribution in [3.63, 3.8) is 0 Å². The number of carbonyl (C=O) groups is 2. The Kier molecular flexibility index (Phi) is 8.00. The van der Waals surface area contributed by atoms with E-state index in [1.165, 1.54) is 17.0 Å². The molecule has 0 saturated heterocycles. The quantitative estimate of drug-likeness (QED) is 0.613. The van der Waals surface area contributed by atoms with Gasteiger partial charge in [0.2, 0.25) is 5.91 Å². The third-order valence-electron chi connectivity index (χ3n) is 5.81. The van der Waals surface area contributed by atoms with E-state index >= 15 is 0 Å². The third kappa shape index (κ3) is 6.47. The minimum absolute atomic E-state index is 0.00341. The Bertz CT molecular complexity index is 955. The number of ether oxygens (including phenoxy) is 1. The van der Waals surface area contributed by atoms with Crippen molar-refractivity contribution in [1.82, 2.24) is 15.1 Å². The summed E-state index contributed by atoms with van der Waals surface area (Å²) in [6.45, 7) is 10.6. The Labute approximate surface area is 199 Å². The van der Waals surface area contributed by atoms with Gasteiger partial charge < -0.3 is 19.9 Å². The second-order valence-corrected chi connectivity index (χ2v) is 10.5.